The zero-order valence-corrected chi connectivity index (χ0v) is 23.3. The lowest BCUT2D eigenvalue weighted by atomic mass is 9.98. The molecular weight excluding hydrogens is 510 g/mol. The van der Waals surface area contributed by atoms with Crippen LogP contribution in [0.5, 0.6) is 0 Å². The predicted molar refractivity (Wildman–Crippen MR) is 161 cm³/mol. The highest BCUT2D eigenvalue weighted by molar-refractivity contribution is 7.80. The van der Waals surface area contributed by atoms with Crippen molar-refractivity contribution in [2.24, 2.45) is 5.92 Å². The Morgan fingerprint density at radius 3 is 2.53 bits per heavy atom. The van der Waals surface area contributed by atoms with Crippen molar-refractivity contribution in [1.82, 2.24) is 14.9 Å². The van der Waals surface area contributed by atoms with Crippen LogP contribution in [0.2, 0.25) is 5.02 Å². The first-order valence-corrected chi connectivity index (χ1v) is 14.1. The highest BCUT2D eigenvalue weighted by Gasteiger charge is 2.42. The van der Waals surface area contributed by atoms with Gasteiger partial charge in [0.15, 0.2) is 5.11 Å². The Labute approximate surface area is 235 Å². The minimum Gasteiger partial charge on any atom is -0.370 e. The number of hydrogen-bond acceptors (Lipinski definition) is 3. The molecule has 0 spiro atoms. The van der Waals surface area contributed by atoms with Gasteiger partial charge < -0.3 is 19.7 Å². The molecule has 2 atom stereocenters. The summed E-state index contributed by atoms with van der Waals surface area (Å²) in [6.07, 6.45) is 6.35. The molecule has 0 bridgehead atoms. The van der Waals surface area contributed by atoms with Crippen LogP contribution in [-0.4, -0.2) is 27.8 Å². The third-order valence-corrected chi connectivity index (χ3v) is 8.41. The van der Waals surface area contributed by atoms with Crippen molar-refractivity contribution in [3.8, 4) is 5.69 Å². The summed E-state index contributed by atoms with van der Waals surface area (Å²) in [5.41, 5.74) is 6.49. The van der Waals surface area contributed by atoms with Crippen LogP contribution in [-0.2, 0) is 0 Å². The summed E-state index contributed by atoms with van der Waals surface area (Å²) >= 11 is 12.9. The molecule has 6 rings (SSSR count). The van der Waals surface area contributed by atoms with Gasteiger partial charge in [0.1, 0.15) is 6.04 Å². The van der Waals surface area contributed by atoms with E-state index in [1.807, 2.05) is 18.3 Å². The van der Waals surface area contributed by atoms with Gasteiger partial charge in [-0.2, -0.15) is 0 Å². The number of aromatic nitrogens is 2. The van der Waals surface area contributed by atoms with E-state index in [2.05, 4.69) is 100 Å². The van der Waals surface area contributed by atoms with Gasteiger partial charge in [0, 0.05) is 42.6 Å². The number of rotatable bonds is 5. The molecule has 194 valence electrons. The molecule has 0 saturated carbocycles. The number of aryl methyl sites for hydroxylation is 1. The molecule has 2 saturated heterocycles. The monoisotopic (exact) mass is 541 g/mol. The molecule has 2 aromatic carbocycles. The molecule has 0 radical (unpaired) electrons. The van der Waals surface area contributed by atoms with Gasteiger partial charge in [0.05, 0.1) is 22.4 Å². The van der Waals surface area contributed by atoms with Crippen molar-refractivity contribution in [3.63, 3.8) is 0 Å². The van der Waals surface area contributed by atoms with Gasteiger partial charge in [-0.3, -0.25) is 4.98 Å². The van der Waals surface area contributed by atoms with Crippen molar-refractivity contribution in [1.29, 1.82) is 0 Å². The summed E-state index contributed by atoms with van der Waals surface area (Å²) < 4.78 is 2.25. The standard InChI is InChI=1S/C31H32ClN5S/c1-21-13-17-35(18-14-21)27-12-11-24(20-25(27)32)37-30(29(34-31(37)38)26-9-3-4-15-33-26)28-10-6-16-36(28)23-8-5-7-22(2)19-23/h3-12,15-16,19-21,29-30H,13-14,17-18H2,1-2H3,(H,34,38). The molecule has 2 aliphatic rings. The summed E-state index contributed by atoms with van der Waals surface area (Å²) in [5.74, 6) is 0.770. The molecular formula is C31H32ClN5S. The second-order valence-electron chi connectivity index (χ2n) is 10.4. The van der Waals surface area contributed by atoms with E-state index in [0.29, 0.717) is 5.11 Å². The number of pyridine rings is 1. The number of hydrogen-bond donors (Lipinski definition) is 1. The molecule has 0 amide bonds. The van der Waals surface area contributed by atoms with Crippen LogP contribution in [0.25, 0.3) is 5.69 Å². The molecule has 7 heteroatoms. The highest BCUT2D eigenvalue weighted by Crippen LogP contribution is 2.44. The van der Waals surface area contributed by atoms with Gasteiger partial charge in [-0.15, -0.1) is 0 Å². The first-order chi connectivity index (χ1) is 18.5. The van der Waals surface area contributed by atoms with Gasteiger partial charge in [0.2, 0.25) is 0 Å². The smallest absolute Gasteiger partial charge is 0.174 e. The lowest BCUT2D eigenvalue weighted by Gasteiger charge is -2.33. The van der Waals surface area contributed by atoms with Crippen molar-refractivity contribution >= 4 is 40.3 Å². The largest absolute Gasteiger partial charge is 0.370 e. The summed E-state index contributed by atoms with van der Waals surface area (Å²) in [6, 6.07) is 25.0. The highest BCUT2D eigenvalue weighted by atomic mass is 35.5. The minimum absolute atomic E-state index is 0.120. The fraction of sp³-hybridized carbons (Fsp3) is 0.290. The Hall–Kier alpha value is -3.35. The average Bonchev–Trinajstić information content (AvgIpc) is 3.54. The van der Waals surface area contributed by atoms with Gasteiger partial charge in [-0.25, -0.2) is 0 Å². The average molecular weight is 542 g/mol. The zero-order valence-electron chi connectivity index (χ0n) is 21.7. The third-order valence-electron chi connectivity index (χ3n) is 7.80. The van der Waals surface area contributed by atoms with E-state index in [9.17, 15) is 0 Å². The summed E-state index contributed by atoms with van der Waals surface area (Å²) in [6.45, 7) is 6.53. The van der Waals surface area contributed by atoms with Crippen molar-refractivity contribution < 1.29 is 0 Å². The van der Waals surface area contributed by atoms with Crippen LogP contribution in [0.15, 0.2) is 85.2 Å². The second kappa shape index (κ2) is 10.4. The molecule has 38 heavy (non-hydrogen) atoms. The molecule has 4 heterocycles. The number of halogens is 1. The molecule has 1 N–H and O–H groups in total. The topological polar surface area (TPSA) is 36.3 Å². The predicted octanol–water partition coefficient (Wildman–Crippen LogP) is 7.25. The second-order valence-corrected chi connectivity index (χ2v) is 11.2. The maximum absolute atomic E-state index is 6.95. The van der Waals surface area contributed by atoms with Crippen molar-refractivity contribution in [3.05, 3.63) is 107 Å². The molecule has 5 nitrogen and oxygen atoms in total. The molecule has 0 aliphatic carbocycles. The summed E-state index contributed by atoms with van der Waals surface area (Å²) in [4.78, 5) is 9.31. The van der Waals surface area contributed by atoms with Crippen molar-refractivity contribution in [2.45, 2.75) is 38.8 Å². The Morgan fingerprint density at radius 1 is 0.947 bits per heavy atom. The van der Waals surface area contributed by atoms with Crippen LogP contribution < -0.4 is 15.1 Å². The number of nitrogens with one attached hydrogen (secondary N) is 1. The van der Waals surface area contributed by atoms with Gasteiger partial charge in [0.25, 0.3) is 0 Å². The maximum atomic E-state index is 6.95. The lowest BCUT2D eigenvalue weighted by Crippen LogP contribution is -2.33. The summed E-state index contributed by atoms with van der Waals surface area (Å²) in [5, 5.41) is 5.00. The van der Waals surface area contributed by atoms with Gasteiger partial charge >= 0.3 is 0 Å². The van der Waals surface area contributed by atoms with E-state index in [1.165, 1.54) is 18.4 Å². The SMILES string of the molecule is Cc1cccc(-n2cccc2C2C(c3ccccn3)NC(=S)N2c2ccc(N3CCC(C)CC3)c(Cl)c2)c1. The van der Waals surface area contributed by atoms with Gasteiger partial charge in [-0.05, 0) is 98.1 Å². The van der Waals surface area contributed by atoms with E-state index in [4.69, 9.17) is 28.8 Å². The first kappa shape index (κ1) is 25.0. The fourth-order valence-corrected chi connectivity index (χ4v) is 6.37. The number of thiocarbonyl (C=S) groups is 1. The maximum Gasteiger partial charge on any atom is 0.174 e. The van der Waals surface area contributed by atoms with Crippen LogP contribution >= 0.6 is 23.8 Å². The fourth-order valence-electron chi connectivity index (χ4n) is 5.73. The first-order valence-electron chi connectivity index (χ1n) is 13.3. The van der Waals surface area contributed by atoms with Crippen LogP contribution in [0, 0.1) is 12.8 Å². The number of nitrogens with zero attached hydrogens (tertiary/aromatic N) is 4. The Bertz CT molecular complexity index is 1440. The number of piperidine rings is 1. The number of anilines is 2. The molecule has 2 aliphatic heterocycles. The molecule has 4 aromatic rings. The Morgan fingerprint density at radius 2 is 1.79 bits per heavy atom. The Balaban J connectivity index is 1.42. The third kappa shape index (κ3) is 4.67. The molecule has 2 unspecified atom stereocenters. The van der Waals surface area contributed by atoms with Crippen LogP contribution in [0.4, 0.5) is 11.4 Å². The Kier molecular flexibility index (Phi) is 6.85. The quantitative estimate of drug-likeness (QED) is 0.269. The van der Waals surface area contributed by atoms with E-state index in [0.717, 1.165) is 52.5 Å². The van der Waals surface area contributed by atoms with Gasteiger partial charge in [-0.1, -0.05) is 36.7 Å². The van der Waals surface area contributed by atoms with E-state index < -0.39 is 0 Å². The van der Waals surface area contributed by atoms with E-state index >= 15 is 0 Å². The number of benzene rings is 2. The normalized spacial score (nSPS) is 20.1. The molecule has 2 fully saturated rings. The molecule has 2 aromatic heterocycles. The zero-order chi connectivity index (χ0) is 26.2. The van der Waals surface area contributed by atoms with Crippen molar-refractivity contribution in [2.75, 3.05) is 22.9 Å². The van der Waals surface area contributed by atoms with E-state index in [1.54, 1.807) is 0 Å². The van der Waals surface area contributed by atoms with Crippen LogP contribution in [0.1, 0.15) is 48.8 Å². The van der Waals surface area contributed by atoms with E-state index in [-0.39, 0.29) is 12.1 Å². The van der Waals surface area contributed by atoms with Crippen LogP contribution in [0.3, 0.4) is 0 Å². The lowest BCUT2D eigenvalue weighted by molar-refractivity contribution is 0.438. The minimum atomic E-state index is -0.121. The summed E-state index contributed by atoms with van der Waals surface area (Å²) in [7, 11) is 0.